The topological polar surface area (TPSA) is 41.6 Å². The fraction of sp³-hybridized carbons (Fsp3) is 0.667. The zero-order valence-electron chi connectivity index (χ0n) is 12.8. The van der Waals surface area contributed by atoms with E-state index in [9.17, 15) is 4.79 Å². The van der Waals surface area contributed by atoms with Crippen molar-refractivity contribution in [2.45, 2.75) is 51.8 Å². The van der Waals surface area contributed by atoms with Gasteiger partial charge in [-0.3, -0.25) is 0 Å². The van der Waals surface area contributed by atoms with Gasteiger partial charge >= 0.3 is 6.09 Å². The number of nitrogens with one attached hydrogen (secondary N) is 1. The van der Waals surface area contributed by atoms with Gasteiger partial charge in [0, 0.05) is 40.4 Å². The van der Waals surface area contributed by atoms with Crippen molar-refractivity contribution in [2.24, 2.45) is 0 Å². The summed E-state index contributed by atoms with van der Waals surface area (Å²) in [5, 5.41) is 5.67. The van der Waals surface area contributed by atoms with Gasteiger partial charge < -0.3 is 15.0 Å². The van der Waals surface area contributed by atoms with E-state index in [4.69, 9.17) is 4.74 Å². The molecule has 1 N–H and O–H groups in total. The van der Waals surface area contributed by atoms with Crippen LogP contribution in [0.25, 0.3) is 0 Å². The number of piperidine rings is 1. The molecule has 118 valence electrons. The molecular weight excluding hydrogens is 352 g/mol. The third-order valence-electron chi connectivity index (χ3n) is 3.33. The van der Waals surface area contributed by atoms with Gasteiger partial charge in [0.25, 0.3) is 0 Å². The molecule has 0 unspecified atom stereocenters. The number of nitrogens with zero attached hydrogens (tertiary/aromatic N) is 1. The van der Waals surface area contributed by atoms with Gasteiger partial charge in [0.05, 0.1) is 0 Å². The molecule has 2 rings (SSSR count). The molecule has 1 aromatic rings. The summed E-state index contributed by atoms with van der Waals surface area (Å²) in [5.41, 5.74) is -0.418. The minimum Gasteiger partial charge on any atom is -0.444 e. The lowest BCUT2D eigenvalue weighted by Crippen LogP contribution is -2.46. The smallest absolute Gasteiger partial charge is 0.410 e. The number of amides is 1. The largest absolute Gasteiger partial charge is 0.444 e. The van der Waals surface area contributed by atoms with Gasteiger partial charge in [-0.2, -0.15) is 0 Å². The Kier molecular flexibility index (Phi) is 5.68. The van der Waals surface area contributed by atoms with Crippen molar-refractivity contribution in [3.63, 3.8) is 0 Å². The summed E-state index contributed by atoms with van der Waals surface area (Å²) in [5.74, 6) is 0. The van der Waals surface area contributed by atoms with Crippen LogP contribution in [0.3, 0.4) is 0 Å². The van der Waals surface area contributed by atoms with E-state index in [1.165, 1.54) is 4.88 Å². The Labute approximate surface area is 139 Å². The molecule has 0 atom stereocenters. The summed E-state index contributed by atoms with van der Waals surface area (Å²) >= 11 is 5.23. The summed E-state index contributed by atoms with van der Waals surface area (Å²) in [6.45, 7) is 8.13. The molecule has 6 heteroatoms. The Bertz CT molecular complexity index is 476. The highest BCUT2D eigenvalue weighted by molar-refractivity contribution is 9.10. The predicted molar refractivity (Wildman–Crippen MR) is 89.7 cm³/mol. The highest BCUT2D eigenvalue weighted by atomic mass is 79.9. The van der Waals surface area contributed by atoms with Gasteiger partial charge in [0.1, 0.15) is 5.60 Å². The second-order valence-corrected chi connectivity index (χ2v) is 8.27. The zero-order chi connectivity index (χ0) is 15.5. The lowest BCUT2D eigenvalue weighted by atomic mass is 10.1. The number of halogens is 1. The van der Waals surface area contributed by atoms with Gasteiger partial charge in [0.2, 0.25) is 0 Å². The van der Waals surface area contributed by atoms with E-state index in [1.807, 2.05) is 25.7 Å². The molecular formula is C15H23BrN2O2S. The van der Waals surface area contributed by atoms with Gasteiger partial charge in [-0.05, 0) is 55.6 Å². The lowest BCUT2D eigenvalue weighted by Gasteiger charge is -2.33. The van der Waals surface area contributed by atoms with Crippen LogP contribution in [0.15, 0.2) is 15.9 Å². The molecule has 2 heterocycles. The second kappa shape index (κ2) is 7.11. The van der Waals surface area contributed by atoms with Crippen LogP contribution in [0.4, 0.5) is 4.79 Å². The molecule has 1 fully saturated rings. The van der Waals surface area contributed by atoms with Crippen LogP contribution in [0.1, 0.15) is 38.5 Å². The molecule has 1 aliphatic heterocycles. The van der Waals surface area contributed by atoms with E-state index < -0.39 is 5.60 Å². The van der Waals surface area contributed by atoms with E-state index in [1.54, 1.807) is 11.3 Å². The number of hydrogen-bond acceptors (Lipinski definition) is 4. The van der Waals surface area contributed by atoms with Gasteiger partial charge in [-0.1, -0.05) is 0 Å². The average Bonchev–Trinajstić information content (AvgIpc) is 2.81. The second-order valence-electron chi connectivity index (χ2n) is 6.35. The molecule has 1 amide bonds. The minimum absolute atomic E-state index is 0.192. The Balaban J connectivity index is 1.72. The number of rotatable bonds is 3. The van der Waals surface area contributed by atoms with Crippen molar-refractivity contribution < 1.29 is 9.53 Å². The van der Waals surface area contributed by atoms with Gasteiger partial charge in [-0.25, -0.2) is 4.79 Å². The molecule has 0 spiro atoms. The quantitative estimate of drug-likeness (QED) is 0.868. The fourth-order valence-corrected chi connectivity index (χ4v) is 3.69. The van der Waals surface area contributed by atoms with Crippen LogP contribution in [-0.4, -0.2) is 35.7 Å². The number of likely N-dealkylation sites (tertiary alicyclic amines) is 1. The SMILES string of the molecule is CC(C)(C)OC(=O)N1CCC(NCc2cc(Br)cs2)CC1. The molecule has 4 nitrogen and oxygen atoms in total. The maximum atomic E-state index is 12.0. The minimum atomic E-state index is -0.418. The molecule has 21 heavy (non-hydrogen) atoms. The third kappa shape index (κ3) is 5.60. The highest BCUT2D eigenvalue weighted by Crippen LogP contribution is 2.20. The summed E-state index contributed by atoms with van der Waals surface area (Å²) < 4.78 is 6.55. The Hall–Kier alpha value is -0.590. The zero-order valence-corrected chi connectivity index (χ0v) is 15.2. The summed E-state index contributed by atoms with van der Waals surface area (Å²) in [7, 11) is 0. The standard InChI is InChI=1S/C15H23BrN2O2S/c1-15(2,3)20-14(19)18-6-4-12(5-7-18)17-9-13-8-11(16)10-21-13/h8,10,12,17H,4-7,9H2,1-3H3. The number of carbonyl (C=O) groups excluding carboxylic acids is 1. The highest BCUT2D eigenvalue weighted by Gasteiger charge is 2.26. The predicted octanol–water partition coefficient (Wildman–Crippen LogP) is 4.00. The van der Waals surface area contributed by atoms with Crippen molar-refractivity contribution in [2.75, 3.05) is 13.1 Å². The molecule has 0 radical (unpaired) electrons. The van der Waals surface area contributed by atoms with E-state index in [-0.39, 0.29) is 6.09 Å². The third-order valence-corrected chi connectivity index (χ3v) is 5.03. The van der Waals surface area contributed by atoms with Crippen LogP contribution in [0.2, 0.25) is 0 Å². The van der Waals surface area contributed by atoms with Crippen LogP contribution in [0.5, 0.6) is 0 Å². The monoisotopic (exact) mass is 374 g/mol. The Morgan fingerprint density at radius 3 is 2.67 bits per heavy atom. The first kappa shape index (κ1) is 16.8. The summed E-state index contributed by atoms with van der Waals surface area (Å²) in [6.07, 6.45) is 1.76. The number of carbonyl (C=O) groups is 1. The molecule has 0 saturated carbocycles. The lowest BCUT2D eigenvalue weighted by molar-refractivity contribution is 0.0198. The van der Waals surface area contributed by atoms with E-state index >= 15 is 0 Å². The average molecular weight is 375 g/mol. The molecule has 0 aliphatic carbocycles. The fourth-order valence-electron chi connectivity index (χ4n) is 2.28. The Morgan fingerprint density at radius 1 is 1.48 bits per heavy atom. The molecule has 1 saturated heterocycles. The van der Waals surface area contributed by atoms with Crippen LogP contribution < -0.4 is 5.32 Å². The molecule has 0 bridgehead atoms. The van der Waals surface area contributed by atoms with Crippen molar-refractivity contribution >= 4 is 33.4 Å². The van der Waals surface area contributed by atoms with E-state index in [2.05, 4.69) is 32.7 Å². The van der Waals surface area contributed by atoms with E-state index in [0.29, 0.717) is 6.04 Å². The number of ether oxygens (including phenoxy) is 1. The van der Waals surface area contributed by atoms with Crippen molar-refractivity contribution in [3.8, 4) is 0 Å². The molecule has 0 aromatic carbocycles. The molecule has 1 aromatic heterocycles. The maximum Gasteiger partial charge on any atom is 0.410 e. The van der Waals surface area contributed by atoms with Crippen molar-refractivity contribution in [1.82, 2.24) is 10.2 Å². The van der Waals surface area contributed by atoms with Crippen LogP contribution >= 0.6 is 27.3 Å². The van der Waals surface area contributed by atoms with Crippen LogP contribution in [0, 0.1) is 0 Å². The van der Waals surface area contributed by atoms with Gasteiger partial charge in [0.15, 0.2) is 0 Å². The Morgan fingerprint density at radius 2 is 2.14 bits per heavy atom. The molecule has 1 aliphatic rings. The number of thiophene rings is 1. The van der Waals surface area contributed by atoms with Crippen LogP contribution in [-0.2, 0) is 11.3 Å². The first-order valence-corrected chi connectivity index (χ1v) is 8.95. The normalized spacial score (nSPS) is 17.0. The van der Waals surface area contributed by atoms with Crippen molar-refractivity contribution in [3.05, 3.63) is 20.8 Å². The van der Waals surface area contributed by atoms with Gasteiger partial charge in [-0.15, -0.1) is 11.3 Å². The van der Waals surface area contributed by atoms with E-state index in [0.717, 1.165) is 36.9 Å². The number of hydrogen-bond donors (Lipinski definition) is 1. The first-order chi connectivity index (χ1) is 9.83. The first-order valence-electron chi connectivity index (χ1n) is 7.28. The summed E-state index contributed by atoms with van der Waals surface area (Å²) in [4.78, 5) is 15.1. The summed E-state index contributed by atoms with van der Waals surface area (Å²) in [6, 6.07) is 2.62. The maximum absolute atomic E-state index is 12.0. The van der Waals surface area contributed by atoms with Crippen molar-refractivity contribution in [1.29, 1.82) is 0 Å².